The second kappa shape index (κ2) is 7.05. The topological polar surface area (TPSA) is 68.9 Å². The first-order chi connectivity index (χ1) is 13.5. The third kappa shape index (κ3) is 3.26. The summed E-state index contributed by atoms with van der Waals surface area (Å²) in [5.74, 6) is -0.230. The summed E-state index contributed by atoms with van der Waals surface area (Å²) < 4.78 is 3.38. The normalized spacial score (nSPS) is 10.6. The highest BCUT2D eigenvalue weighted by molar-refractivity contribution is 5.93. The van der Waals surface area contributed by atoms with E-state index < -0.39 is 0 Å². The molecule has 0 atom stereocenters. The average molecular weight is 370 g/mol. The molecule has 0 radical (unpaired) electrons. The van der Waals surface area contributed by atoms with Crippen molar-refractivity contribution in [1.29, 1.82) is 0 Å². The molecule has 4 aromatic rings. The van der Waals surface area contributed by atoms with Crippen molar-refractivity contribution in [2.75, 3.05) is 7.05 Å². The molecule has 0 saturated carbocycles. The monoisotopic (exact) mass is 370 g/mol. The van der Waals surface area contributed by atoms with Gasteiger partial charge in [0, 0.05) is 37.4 Å². The van der Waals surface area contributed by atoms with Gasteiger partial charge in [-0.1, -0.05) is 18.2 Å². The van der Waals surface area contributed by atoms with Crippen LogP contribution in [0.25, 0.3) is 21.9 Å². The van der Waals surface area contributed by atoms with Gasteiger partial charge in [-0.3, -0.25) is 14.3 Å². The summed E-state index contributed by atoms with van der Waals surface area (Å²) in [6.45, 7) is 0.355. The zero-order valence-corrected chi connectivity index (χ0v) is 15.6. The fourth-order valence-corrected chi connectivity index (χ4v) is 3.18. The lowest BCUT2D eigenvalue weighted by Crippen LogP contribution is -2.21. The number of amides is 1. The number of benzene rings is 1. The summed E-state index contributed by atoms with van der Waals surface area (Å²) in [4.78, 5) is 24.7. The number of carbonyl (C=O) groups is 1. The van der Waals surface area contributed by atoms with E-state index in [1.54, 1.807) is 40.8 Å². The van der Waals surface area contributed by atoms with E-state index in [4.69, 9.17) is 0 Å². The first-order valence-electron chi connectivity index (χ1n) is 8.82. The van der Waals surface area contributed by atoms with E-state index in [9.17, 15) is 9.59 Å². The number of aryl methyl sites for hydroxylation is 1. The SMILES string of the molecule is CNC(=O)c1c#ccc(Cn2ccc3cc(-c4cnn(C)c4)ccc3c2=O)c1. The van der Waals surface area contributed by atoms with Crippen LogP contribution in [0.1, 0.15) is 15.9 Å². The van der Waals surface area contributed by atoms with E-state index >= 15 is 0 Å². The summed E-state index contributed by atoms with van der Waals surface area (Å²) in [6.07, 6.45) is 5.51. The molecule has 6 nitrogen and oxygen atoms in total. The van der Waals surface area contributed by atoms with Gasteiger partial charge in [0.2, 0.25) is 0 Å². The highest BCUT2D eigenvalue weighted by Crippen LogP contribution is 2.22. The van der Waals surface area contributed by atoms with Crippen molar-refractivity contribution in [2.45, 2.75) is 6.54 Å². The van der Waals surface area contributed by atoms with Crippen LogP contribution in [0.3, 0.4) is 0 Å². The average Bonchev–Trinajstić information content (AvgIpc) is 3.16. The van der Waals surface area contributed by atoms with Crippen LogP contribution < -0.4 is 10.9 Å². The maximum absolute atomic E-state index is 12.9. The molecule has 28 heavy (non-hydrogen) atoms. The third-order valence-corrected chi connectivity index (χ3v) is 4.63. The van der Waals surface area contributed by atoms with E-state index in [0.29, 0.717) is 17.5 Å². The van der Waals surface area contributed by atoms with E-state index in [1.165, 1.54) is 0 Å². The second-order valence-corrected chi connectivity index (χ2v) is 6.58. The zero-order valence-electron chi connectivity index (χ0n) is 15.6. The highest BCUT2D eigenvalue weighted by Gasteiger charge is 2.08. The predicted octanol–water partition coefficient (Wildman–Crippen LogP) is 2.41. The molecule has 6 heteroatoms. The van der Waals surface area contributed by atoms with Gasteiger partial charge in [0.1, 0.15) is 0 Å². The standard InChI is InChI=1S/C22H18N4O2/c1-23-21(27)18-5-3-4-15(10-18)13-26-9-8-17-11-16(6-7-20(17)22(26)28)19-12-24-25(2)14-19/h4,6-12,14H,13H2,1-2H3,(H,23,27). The molecule has 0 unspecified atom stereocenters. The third-order valence-electron chi connectivity index (χ3n) is 4.63. The van der Waals surface area contributed by atoms with Gasteiger partial charge < -0.3 is 9.88 Å². The number of aromatic nitrogens is 3. The van der Waals surface area contributed by atoms with Crippen LogP contribution in [0.15, 0.2) is 59.8 Å². The van der Waals surface area contributed by atoms with Gasteiger partial charge in [0.15, 0.2) is 0 Å². The Bertz CT molecular complexity index is 1240. The van der Waals surface area contributed by atoms with Crippen LogP contribution in [0.2, 0.25) is 0 Å². The number of nitrogens with one attached hydrogen (secondary N) is 1. The Balaban J connectivity index is 1.69. The molecule has 0 aliphatic carbocycles. The van der Waals surface area contributed by atoms with Gasteiger partial charge in [0.25, 0.3) is 11.5 Å². The van der Waals surface area contributed by atoms with Crippen molar-refractivity contribution < 1.29 is 4.79 Å². The Labute approximate surface area is 162 Å². The molecule has 0 fully saturated rings. The van der Waals surface area contributed by atoms with Crippen molar-refractivity contribution >= 4 is 16.7 Å². The van der Waals surface area contributed by atoms with Gasteiger partial charge in [-0.05, 0) is 46.8 Å². The number of carbonyl (C=O) groups excluding carboxylic acids is 1. The first-order valence-corrected chi connectivity index (χ1v) is 8.82. The van der Waals surface area contributed by atoms with Gasteiger partial charge >= 0.3 is 0 Å². The smallest absolute Gasteiger partial charge is 0.259 e. The molecule has 1 amide bonds. The van der Waals surface area contributed by atoms with E-state index in [2.05, 4.69) is 22.5 Å². The largest absolute Gasteiger partial charge is 0.355 e. The van der Waals surface area contributed by atoms with Crippen molar-refractivity contribution in [3.63, 3.8) is 0 Å². The summed E-state index contributed by atoms with van der Waals surface area (Å²) in [7, 11) is 3.44. The number of hydrogen-bond acceptors (Lipinski definition) is 3. The molecule has 0 spiro atoms. The number of hydrogen-bond donors (Lipinski definition) is 1. The molecule has 0 aliphatic heterocycles. The summed E-state index contributed by atoms with van der Waals surface area (Å²) >= 11 is 0. The Morgan fingerprint density at radius 2 is 2.07 bits per heavy atom. The number of pyridine rings is 1. The fourth-order valence-electron chi connectivity index (χ4n) is 3.18. The summed E-state index contributed by atoms with van der Waals surface area (Å²) in [6, 6.07) is 16.8. The molecule has 0 bridgehead atoms. The minimum absolute atomic E-state index is 0.0791. The molecular weight excluding hydrogens is 352 g/mol. The lowest BCUT2D eigenvalue weighted by Gasteiger charge is -2.08. The van der Waals surface area contributed by atoms with E-state index in [-0.39, 0.29) is 11.5 Å². The maximum Gasteiger partial charge on any atom is 0.259 e. The highest BCUT2D eigenvalue weighted by atomic mass is 16.1. The minimum Gasteiger partial charge on any atom is -0.355 e. The number of fused-ring (bicyclic) bond motifs is 1. The molecule has 0 aliphatic rings. The summed E-state index contributed by atoms with van der Waals surface area (Å²) in [5.41, 5.74) is 3.15. The Morgan fingerprint density at radius 3 is 2.82 bits per heavy atom. The van der Waals surface area contributed by atoms with Gasteiger partial charge in [-0.15, -0.1) is 0 Å². The molecule has 4 rings (SSSR count). The molecule has 2 aromatic carbocycles. The minimum atomic E-state index is -0.230. The molecule has 1 N–H and O–H groups in total. The van der Waals surface area contributed by atoms with Gasteiger partial charge in [0.05, 0.1) is 18.3 Å². The molecule has 0 saturated heterocycles. The first kappa shape index (κ1) is 17.6. The Morgan fingerprint density at radius 1 is 1.21 bits per heavy atom. The van der Waals surface area contributed by atoms with Crippen LogP contribution in [-0.4, -0.2) is 27.3 Å². The lowest BCUT2D eigenvalue weighted by molar-refractivity contribution is 0.0963. The zero-order chi connectivity index (χ0) is 19.7. The van der Waals surface area contributed by atoms with Crippen molar-refractivity contribution in [1.82, 2.24) is 19.7 Å². The quantitative estimate of drug-likeness (QED) is 0.600. The predicted molar refractivity (Wildman–Crippen MR) is 107 cm³/mol. The van der Waals surface area contributed by atoms with Crippen LogP contribution in [0.4, 0.5) is 0 Å². The Hall–Kier alpha value is -3.85. The van der Waals surface area contributed by atoms with Gasteiger partial charge in [-0.25, -0.2) is 0 Å². The fraction of sp³-hybridized carbons (Fsp3) is 0.136. The lowest BCUT2D eigenvalue weighted by atomic mass is 10.0. The number of rotatable bonds is 4. The van der Waals surface area contributed by atoms with Gasteiger partial charge in [-0.2, -0.15) is 5.10 Å². The van der Waals surface area contributed by atoms with E-state index in [0.717, 1.165) is 22.1 Å². The molecule has 2 aromatic heterocycles. The second-order valence-electron chi connectivity index (χ2n) is 6.58. The van der Waals surface area contributed by atoms with Crippen molar-refractivity contribution in [3.8, 4) is 11.1 Å². The molecule has 2 heterocycles. The molecular formula is C22H18N4O2. The van der Waals surface area contributed by atoms with Crippen LogP contribution in [0, 0.1) is 12.1 Å². The van der Waals surface area contributed by atoms with Crippen molar-refractivity contribution in [3.05, 3.63) is 88.6 Å². The van der Waals surface area contributed by atoms with Crippen LogP contribution >= 0.6 is 0 Å². The molecule has 138 valence electrons. The van der Waals surface area contributed by atoms with Crippen molar-refractivity contribution in [2.24, 2.45) is 7.05 Å². The van der Waals surface area contributed by atoms with Crippen LogP contribution in [0.5, 0.6) is 0 Å². The number of nitrogens with zero attached hydrogens (tertiary/aromatic N) is 3. The maximum atomic E-state index is 12.9. The van der Waals surface area contributed by atoms with Crippen LogP contribution in [-0.2, 0) is 13.6 Å². The van der Waals surface area contributed by atoms with E-state index in [1.807, 2.05) is 37.5 Å². The summed E-state index contributed by atoms with van der Waals surface area (Å²) in [5, 5.41) is 8.28. The Kier molecular flexibility index (Phi) is 4.42.